The summed E-state index contributed by atoms with van der Waals surface area (Å²) in [6.45, 7) is 0. The molecule has 2 aliphatic rings. The lowest BCUT2D eigenvalue weighted by molar-refractivity contribution is -0.123. The van der Waals surface area contributed by atoms with Crippen molar-refractivity contribution in [3.05, 3.63) is 35.4 Å². The monoisotopic (exact) mass is 265 g/mol. The van der Waals surface area contributed by atoms with Crippen molar-refractivity contribution in [3.63, 3.8) is 0 Å². The van der Waals surface area contributed by atoms with Crippen LogP contribution in [0.15, 0.2) is 18.2 Å². The molecule has 1 N–H and O–H groups in total. The molecule has 2 fully saturated rings. The number of ketones is 1. The number of carbonyl (C=O) groups excluding carboxylic acids is 1. The molecule has 2 atom stereocenters. The van der Waals surface area contributed by atoms with E-state index in [1.54, 1.807) is 0 Å². The summed E-state index contributed by atoms with van der Waals surface area (Å²) in [5.41, 5.74) is 0.438. The number of fused-ring (bicyclic) bond motifs is 2. The molecule has 0 spiro atoms. The molecule has 2 unspecified atom stereocenters. The van der Waals surface area contributed by atoms with Crippen LogP contribution in [0, 0.1) is 17.6 Å². The van der Waals surface area contributed by atoms with E-state index in [2.05, 4.69) is 5.32 Å². The Bertz CT molecular complexity index is 471. The molecular formula is C15H17F2NO. The summed E-state index contributed by atoms with van der Waals surface area (Å²) < 4.78 is 26.2. The van der Waals surface area contributed by atoms with Gasteiger partial charge in [0.05, 0.1) is 0 Å². The first kappa shape index (κ1) is 12.7. The first-order valence-electron chi connectivity index (χ1n) is 6.84. The van der Waals surface area contributed by atoms with Crippen molar-refractivity contribution in [3.8, 4) is 0 Å². The molecule has 3 rings (SSSR count). The number of halogens is 2. The van der Waals surface area contributed by atoms with Crippen LogP contribution < -0.4 is 5.32 Å². The molecule has 0 aromatic heterocycles. The van der Waals surface area contributed by atoms with Crippen molar-refractivity contribution in [2.45, 2.75) is 44.2 Å². The Hall–Kier alpha value is -1.29. The summed E-state index contributed by atoms with van der Waals surface area (Å²) in [6.07, 6.45) is 4.16. The van der Waals surface area contributed by atoms with Crippen LogP contribution in [0.2, 0.25) is 0 Å². The fraction of sp³-hybridized carbons (Fsp3) is 0.533. The van der Waals surface area contributed by atoms with Crippen LogP contribution in [0.25, 0.3) is 0 Å². The Morgan fingerprint density at radius 2 is 1.68 bits per heavy atom. The molecule has 2 bridgehead atoms. The first-order valence-corrected chi connectivity index (χ1v) is 6.84. The lowest BCUT2D eigenvalue weighted by atomic mass is 9.86. The van der Waals surface area contributed by atoms with Gasteiger partial charge in [-0.05, 0) is 43.4 Å². The Morgan fingerprint density at radius 3 is 2.26 bits per heavy atom. The van der Waals surface area contributed by atoms with Gasteiger partial charge in [-0.1, -0.05) is 0 Å². The summed E-state index contributed by atoms with van der Waals surface area (Å²) in [5, 5.41) is 3.49. The number of rotatable bonds is 3. The molecule has 2 saturated heterocycles. The predicted octanol–water partition coefficient (Wildman–Crippen LogP) is 2.61. The molecule has 1 aromatic carbocycles. The largest absolute Gasteiger partial charge is 0.311 e. The smallest absolute Gasteiger partial charge is 0.140 e. The third kappa shape index (κ3) is 2.84. The fourth-order valence-electron chi connectivity index (χ4n) is 3.38. The third-order valence-corrected chi connectivity index (χ3v) is 4.23. The van der Waals surface area contributed by atoms with Crippen molar-refractivity contribution < 1.29 is 13.6 Å². The van der Waals surface area contributed by atoms with Gasteiger partial charge in [0.1, 0.15) is 17.4 Å². The van der Waals surface area contributed by atoms with Crippen molar-refractivity contribution in [1.29, 1.82) is 0 Å². The highest BCUT2D eigenvalue weighted by atomic mass is 19.1. The zero-order valence-electron chi connectivity index (χ0n) is 10.7. The number of hydrogen-bond acceptors (Lipinski definition) is 2. The summed E-state index contributed by atoms with van der Waals surface area (Å²) in [6, 6.07) is 4.24. The van der Waals surface area contributed by atoms with E-state index in [0.717, 1.165) is 31.7 Å². The topological polar surface area (TPSA) is 29.1 Å². The molecule has 0 saturated carbocycles. The van der Waals surface area contributed by atoms with Crippen LogP contribution in [-0.2, 0) is 11.2 Å². The van der Waals surface area contributed by atoms with E-state index >= 15 is 0 Å². The molecule has 0 amide bonds. The Balaban J connectivity index is 1.67. The molecule has 1 aromatic rings. The lowest BCUT2D eigenvalue weighted by Crippen LogP contribution is -2.40. The number of benzene rings is 1. The highest BCUT2D eigenvalue weighted by Gasteiger charge is 2.36. The zero-order valence-corrected chi connectivity index (χ0v) is 10.7. The van der Waals surface area contributed by atoms with Crippen molar-refractivity contribution in [1.82, 2.24) is 5.32 Å². The quantitative estimate of drug-likeness (QED) is 0.910. The van der Waals surface area contributed by atoms with Crippen molar-refractivity contribution in [2.24, 2.45) is 5.92 Å². The van der Waals surface area contributed by atoms with Gasteiger partial charge in [-0.15, -0.1) is 0 Å². The summed E-state index contributed by atoms with van der Waals surface area (Å²) >= 11 is 0. The standard InChI is InChI=1S/C15H17F2NO/c16-11-3-9(4-12(17)8-11)5-15(19)10-6-13-1-2-14(7-10)18-13/h3-4,8,10,13-14,18H,1-2,5-7H2. The fourth-order valence-corrected chi connectivity index (χ4v) is 3.38. The van der Waals surface area contributed by atoms with Gasteiger partial charge < -0.3 is 5.32 Å². The SMILES string of the molecule is O=C(Cc1cc(F)cc(F)c1)C1CC2CCC(C1)N2. The van der Waals surface area contributed by atoms with E-state index in [1.165, 1.54) is 12.1 Å². The lowest BCUT2D eigenvalue weighted by Gasteiger charge is -2.28. The maximum Gasteiger partial charge on any atom is 0.140 e. The maximum absolute atomic E-state index is 13.1. The van der Waals surface area contributed by atoms with Crippen molar-refractivity contribution >= 4 is 5.78 Å². The number of piperidine rings is 1. The number of Topliss-reactive ketones (excluding diaryl/α,β-unsaturated/α-hetero) is 1. The summed E-state index contributed by atoms with van der Waals surface area (Å²) in [5.74, 6) is -1.07. The van der Waals surface area contributed by atoms with Crippen LogP contribution in [0.1, 0.15) is 31.2 Å². The van der Waals surface area contributed by atoms with Gasteiger partial charge in [0.25, 0.3) is 0 Å². The normalized spacial score (nSPS) is 29.5. The van der Waals surface area contributed by atoms with E-state index < -0.39 is 11.6 Å². The molecule has 2 heterocycles. The molecule has 4 heteroatoms. The minimum Gasteiger partial charge on any atom is -0.311 e. The molecule has 0 radical (unpaired) electrons. The molecule has 19 heavy (non-hydrogen) atoms. The minimum absolute atomic E-state index is 0.0464. The highest BCUT2D eigenvalue weighted by molar-refractivity contribution is 5.83. The Morgan fingerprint density at radius 1 is 1.11 bits per heavy atom. The number of nitrogens with one attached hydrogen (secondary N) is 1. The molecule has 102 valence electrons. The molecular weight excluding hydrogens is 248 g/mol. The van der Waals surface area contributed by atoms with Gasteiger partial charge in [0.2, 0.25) is 0 Å². The van der Waals surface area contributed by atoms with E-state index in [1.807, 2.05) is 0 Å². The molecule has 0 aliphatic carbocycles. The number of hydrogen-bond donors (Lipinski definition) is 1. The van der Waals surface area contributed by atoms with Crippen LogP contribution in [0.4, 0.5) is 8.78 Å². The van der Waals surface area contributed by atoms with Gasteiger partial charge in [0.15, 0.2) is 0 Å². The van der Waals surface area contributed by atoms with Gasteiger partial charge in [-0.3, -0.25) is 4.79 Å². The Kier molecular flexibility index (Phi) is 3.35. The average molecular weight is 265 g/mol. The average Bonchev–Trinajstić information content (AvgIpc) is 2.66. The van der Waals surface area contributed by atoms with Gasteiger partial charge >= 0.3 is 0 Å². The predicted molar refractivity (Wildman–Crippen MR) is 67.7 cm³/mol. The molecule has 2 nitrogen and oxygen atoms in total. The van der Waals surface area contributed by atoms with E-state index in [-0.39, 0.29) is 18.1 Å². The molecule has 2 aliphatic heterocycles. The first-order chi connectivity index (χ1) is 9.10. The second-order valence-electron chi connectivity index (χ2n) is 5.73. The van der Waals surface area contributed by atoms with Crippen LogP contribution in [-0.4, -0.2) is 17.9 Å². The highest BCUT2D eigenvalue weighted by Crippen LogP contribution is 2.32. The van der Waals surface area contributed by atoms with Gasteiger partial charge in [-0.2, -0.15) is 0 Å². The van der Waals surface area contributed by atoms with E-state index in [0.29, 0.717) is 17.6 Å². The maximum atomic E-state index is 13.1. The second kappa shape index (κ2) is 5.00. The summed E-state index contributed by atoms with van der Waals surface area (Å²) in [7, 11) is 0. The van der Waals surface area contributed by atoms with Gasteiger partial charge in [-0.25, -0.2) is 8.78 Å². The Labute approximate surface area is 111 Å². The third-order valence-electron chi connectivity index (χ3n) is 4.23. The second-order valence-corrected chi connectivity index (χ2v) is 5.73. The van der Waals surface area contributed by atoms with E-state index in [4.69, 9.17) is 0 Å². The van der Waals surface area contributed by atoms with Crippen molar-refractivity contribution in [2.75, 3.05) is 0 Å². The van der Waals surface area contributed by atoms with Crippen LogP contribution in [0.5, 0.6) is 0 Å². The minimum atomic E-state index is -0.617. The van der Waals surface area contributed by atoms with E-state index in [9.17, 15) is 13.6 Å². The zero-order chi connectivity index (χ0) is 13.4. The van der Waals surface area contributed by atoms with Crippen LogP contribution in [0.3, 0.4) is 0 Å². The summed E-state index contributed by atoms with van der Waals surface area (Å²) in [4.78, 5) is 12.2. The van der Waals surface area contributed by atoms with Crippen LogP contribution >= 0.6 is 0 Å². The number of carbonyl (C=O) groups is 1. The van der Waals surface area contributed by atoms with Gasteiger partial charge in [0, 0.05) is 30.5 Å².